The lowest BCUT2D eigenvalue weighted by atomic mass is 10.2. The fourth-order valence-corrected chi connectivity index (χ4v) is 1.19. The second-order valence-electron chi connectivity index (χ2n) is 2.14. The third kappa shape index (κ3) is 1.94. The number of hydrogen-bond donors (Lipinski definition) is 0. The average molecular weight is 247 g/mol. The summed E-state index contributed by atoms with van der Waals surface area (Å²) in [4.78, 5) is 4.26. The summed E-state index contributed by atoms with van der Waals surface area (Å²) in [5, 5.41) is 0. The number of halogens is 1. The molecule has 0 saturated heterocycles. The minimum atomic E-state index is 1.00. The summed E-state index contributed by atoms with van der Waals surface area (Å²) in [7, 11) is 0. The molecule has 1 heterocycles. The zero-order valence-corrected chi connectivity index (χ0v) is 8.13. The molecule has 0 N–H and O–H groups in total. The maximum absolute atomic E-state index is 4.26. The normalized spacial score (nSPS) is 9.80. The molecule has 0 aliphatic heterocycles. The topological polar surface area (TPSA) is 12.9 Å². The van der Waals surface area contributed by atoms with Crippen molar-refractivity contribution in [3.8, 4) is 0 Å². The van der Waals surface area contributed by atoms with Crippen LogP contribution in [0.4, 0.5) is 0 Å². The molecule has 0 aliphatic rings. The SMILES string of the molecule is CCc1ccc(CI)nc1. The third-order valence-corrected chi connectivity index (χ3v) is 2.21. The number of nitrogens with zero attached hydrogens (tertiary/aromatic N) is 1. The number of rotatable bonds is 2. The Kier molecular flexibility index (Phi) is 3.12. The molecule has 0 amide bonds. The van der Waals surface area contributed by atoms with Crippen LogP contribution >= 0.6 is 22.6 Å². The Bertz CT molecular complexity index is 170. The van der Waals surface area contributed by atoms with Gasteiger partial charge in [-0.2, -0.15) is 0 Å². The highest BCUT2D eigenvalue weighted by Crippen LogP contribution is 2.04. The van der Waals surface area contributed by atoms with Crippen molar-refractivity contribution >= 4 is 22.6 Å². The number of aromatic nitrogens is 1. The van der Waals surface area contributed by atoms with E-state index in [1.54, 1.807) is 0 Å². The predicted molar refractivity (Wildman–Crippen MR) is 51.3 cm³/mol. The van der Waals surface area contributed by atoms with Gasteiger partial charge in [0.15, 0.2) is 0 Å². The molecule has 1 aromatic heterocycles. The van der Waals surface area contributed by atoms with Crippen molar-refractivity contribution in [2.75, 3.05) is 0 Å². The van der Waals surface area contributed by atoms with Crippen molar-refractivity contribution in [2.24, 2.45) is 0 Å². The van der Waals surface area contributed by atoms with E-state index in [-0.39, 0.29) is 0 Å². The second-order valence-corrected chi connectivity index (χ2v) is 2.91. The van der Waals surface area contributed by atoms with Crippen LogP contribution in [0.5, 0.6) is 0 Å². The highest BCUT2D eigenvalue weighted by atomic mass is 127. The lowest BCUT2D eigenvalue weighted by molar-refractivity contribution is 1.08. The quantitative estimate of drug-likeness (QED) is 0.578. The average Bonchev–Trinajstić information content (AvgIpc) is 2.05. The Balaban J connectivity index is 2.80. The van der Waals surface area contributed by atoms with Crippen LogP contribution in [0.15, 0.2) is 18.3 Å². The number of hydrogen-bond acceptors (Lipinski definition) is 1. The number of pyridine rings is 1. The van der Waals surface area contributed by atoms with E-state index in [0.29, 0.717) is 0 Å². The Hall–Kier alpha value is -0.120. The van der Waals surface area contributed by atoms with E-state index in [4.69, 9.17) is 0 Å². The lowest BCUT2D eigenvalue weighted by Gasteiger charge is -1.95. The molecule has 1 rings (SSSR count). The fourth-order valence-electron chi connectivity index (χ4n) is 0.743. The minimum Gasteiger partial charge on any atom is -0.260 e. The smallest absolute Gasteiger partial charge is 0.0501 e. The third-order valence-electron chi connectivity index (χ3n) is 1.43. The van der Waals surface area contributed by atoms with Crippen LogP contribution in [0.25, 0.3) is 0 Å². The van der Waals surface area contributed by atoms with Crippen LogP contribution in [0, 0.1) is 0 Å². The molecule has 0 radical (unpaired) electrons. The molecule has 0 aromatic carbocycles. The molecule has 0 aliphatic carbocycles. The zero-order chi connectivity index (χ0) is 7.40. The van der Waals surface area contributed by atoms with E-state index in [1.807, 2.05) is 6.20 Å². The zero-order valence-electron chi connectivity index (χ0n) is 5.97. The van der Waals surface area contributed by atoms with Crippen molar-refractivity contribution in [1.29, 1.82) is 0 Å². The van der Waals surface area contributed by atoms with Crippen LogP contribution in [-0.2, 0) is 10.8 Å². The maximum atomic E-state index is 4.26. The molecular formula is C8H10IN. The fraction of sp³-hybridized carbons (Fsp3) is 0.375. The summed E-state index contributed by atoms with van der Waals surface area (Å²) in [6, 6.07) is 4.23. The second kappa shape index (κ2) is 3.91. The Morgan fingerprint density at radius 1 is 1.50 bits per heavy atom. The molecule has 1 nitrogen and oxygen atoms in total. The summed E-state index contributed by atoms with van der Waals surface area (Å²) in [6.45, 7) is 2.14. The maximum Gasteiger partial charge on any atom is 0.0501 e. The summed E-state index contributed by atoms with van der Waals surface area (Å²) < 4.78 is 1.00. The van der Waals surface area contributed by atoms with E-state index in [0.717, 1.165) is 16.5 Å². The van der Waals surface area contributed by atoms with Crippen molar-refractivity contribution < 1.29 is 0 Å². The van der Waals surface area contributed by atoms with Crippen LogP contribution in [0.3, 0.4) is 0 Å². The highest BCUT2D eigenvalue weighted by Gasteiger charge is 1.90. The highest BCUT2D eigenvalue weighted by molar-refractivity contribution is 14.1. The molecule has 0 saturated carbocycles. The van der Waals surface area contributed by atoms with E-state index in [2.05, 4.69) is 46.6 Å². The Morgan fingerprint density at radius 2 is 2.30 bits per heavy atom. The minimum absolute atomic E-state index is 1.00. The molecule has 1 aromatic rings. The van der Waals surface area contributed by atoms with Gasteiger partial charge in [0.05, 0.1) is 5.69 Å². The van der Waals surface area contributed by atoms with Gasteiger partial charge >= 0.3 is 0 Å². The predicted octanol–water partition coefficient (Wildman–Crippen LogP) is 2.58. The van der Waals surface area contributed by atoms with Crippen molar-refractivity contribution in [2.45, 2.75) is 17.8 Å². The van der Waals surface area contributed by atoms with Gasteiger partial charge in [-0.15, -0.1) is 0 Å². The first-order valence-corrected chi connectivity index (χ1v) is 4.89. The molecule has 0 bridgehead atoms. The van der Waals surface area contributed by atoms with E-state index in [1.165, 1.54) is 5.56 Å². The molecule has 0 spiro atoms. The molecule has 54 valence electrons. The summed E-state index contributed by atoms with van der Waals surface area (Å²) in [5.41, 5.74) is 2.48. The first kappa shape index (κ1) is 7.98. The molecule has 0 unspecified atom stereocenters. The number of aryl methyl sites for hydroxylation is 1. The van der Waals surface area contributed by atoms with Crippen LogP contribution in [0.1, 0.15) is 18.2 Å². The largest absolute Gasteiger partial charge is 0.260 e. The van der Waals surface area contributed by atoms with Crippen LogP contribution in [-0.4, -0.2) is 4.98 Å². The van der Waals surface area contributed by atoms with E-state index in [9.17, 15) is 0 Å². The van der Waals surface area contributed by atoms with Gasteiger partial charge in [0.2, 0.25) is 0 Å². The molecule has 0 fully saturated rings. The molecule has 10 heavy (non-hydrogen) atoms. The van der Waals surface area contributed by atoms with Gasteiger partial charge < -0.3 is 0 Å². The Labute approximate surface area is 75.0 Å². The molecule has 0 atom stereocenters. The van der Waals surface area contributed by atoms with Gasteiger partial charge in [-0.3, -0.25) is 4.98 Å². The van der Waals surface area contributed by atoms with E-state index < -0.39 is 0 Å². The first-order valence-electron chi connectivity index (χ1n) is 3.36. The van der Waals surface area contributed by atoms with Gasteiger partial charge in [0.1, 0.15) is 0 Å². The summed E-state index contributed by atoms with van der Waals surface area (Å²) in [6.07, 6.45) is 3.03. The van der Waals surface area contributed by atoms with Gasteiger partial charge in [-0.1, -0.05) is 35.6 Å². The van der Waals surface area contributed by atoms with E-state index >= 15 is 0 Å². The number of alkyl halides is 1. The standard InChI is InChI=1S/C8H10IN/c1-2-7-3-4-8(5-9)10-6-7/h3-4,6H,2,5H2,1H3. The summed E-state index contributed by atoms with van der Waals surface area (Å²) in [5.74, 6) is 0. The lowest BCUT2D eigenvalue weighted by Crippen LogP contribution is -1.86. The van der Waals surface area contributed by atoms with Crippen LogP contribution in [0.2, 0.25) is 0 Å². The van der Waals surface area contributed by atoms with Gasteiger partial charge in [0, 0.05) is 10.6 Å². The van der Waals surface area contributed by atoms with Crippen molar-refractivity contribution in [1.82, 2.24) is 4.98 Å². The first-order chi connectivity index (χ1) is 4.86. The van der Waals surface area contributed by atoms with Crippen molar-refractivity contribution in [3.63, 3.8) is 0 Å². The molecule has 2 heteroatoms. The molecular weight excluding hydrogens is 237 g/mol. The van der Waals surface area contributed by atoms with Crippen molar-refractivity contribution in [3.05, 3.63) is 29.6 Å². The Morgan fingerprint density at radius 3 is 2.70 bits per heavy atom. The van der Waals surface area contributed by atoms with Gasteiger partial charge in [-0.25, -0.2) is 0 Å². The monoisotopic (exact) mass is 247 g/mol. The van der Waals surface area contributed by atoms with Crippen LogP contribution < -0.4 is 0 Å². The summed E-state index contributed by atoms with van der Waals surface area (Å²) >= 11 is 2.31. The van der Waals surface area contributed by atoms with Gasteiger partial charge in [0.25, 0.3) is 0 Å². The van der Waals surface area contributed by atoms with Gasteiger partial charge in [-0.05, 0) is 18.1 Å².